The first kappa shape index (κ1) is 37.0. The Morgan fingerprint density at radius 3 is 1.70 bits per heavy atom. The number of sulfonamides is 1. The van der Waals surface area contributed by atoms with Crippen LogP contribution in [0.3, 0.4) is 0 Å². The predicted molar refractivity (Wildman–Crippen MR) is 174 cm³/mol. The van der Waals surface area contributed by atoms with Crippen molar-refractivity contribution >= 4 is 27.8 Å². The molecule has 1 heterocycles. The zero-order valence-electron chi connectivity index (χ0n) is 26.8. The summed E-state index contributed by atoms with van der Waals surface area (Å²) in [6, 6.07) is 8.80. The standard InChI is InChI=1S/C34H52N2O7S/c1-34(2,3)43-32(37)19-17-15-13-11-9-7-5-4-6-8-10-12-14-16-18-26-42-29-21-23-30(24-22-29)44(40,41)36-31-25-20-28(27-35-31)33(38)39/h20-25,27H,4-19,26H2,1-3H3,(H,35,36)(H,38,39). The molecule has 0 saturated carbocycles. The number of ether oxygens (including phenoxy) is 2. The van der Waals surface area contributed by atoms with Crippen molar-refractivity contribution in [1.29, 1.82) is 0 Å². The van der Waals surface area contributed by atoms with Gasteiger partial charge in [-0.1, -0.05) is 83.5 Å². The smallest absolute Gasteiger partial charge is 0.337 e. The molecule has 0 aliphatic heterocycles. The fraction of sp³-hybridized carbons (Fsp3) is 0.618. The van der Waals surface area contributed by atoms with E-state index in [1.54, 1.807) is 12.1 Å². The van der Waals surface area contributed by atoms with E-state index < -0.39 is 16.0 Å². The number of esters is 1. The Morgan fingerprint density at radius 2 is 1.25 bits per heavy atom. The van der Waals surface area contributed by atoms with Crippen LogP contribution in [0.2, 0.25) is 0 Å². The Kier molecular flexibility index (Phi) is 16.8. The van der Waals surface area contributed by atoms with Crippen molar-refractivity contribution in [1.82, 2.24) is 4.98 Å². The molecule has 0 bridgehead atoms. The molecule has 0 aliphatic rings. The van der Waals surface area contributed by atoms with Crippen LogP contribution in [0.4, 0.5) is 5.82 Å². The number of pyridine rings is 1. The van der Waals surface area contributed by atoms with Crippen LogP contribution in [-0.2, 0) is 19.6 Å². The zero-order chi connectivity index (χ0) is 32.3. The van der Waals surface area contributed by atoms with Crippen molar-refractivity contribution in [3.63, 3.8) is 0 Å². The Morgan fingerprint density at radius 1 is 0.750 bits per heavy atom. The average molecular weight is 633 g/mol. The Hall–Kier alpha value is -3.14. The van der Waals surface area contributed by atoms with Crippen LogP contribution in [0.25, 0.3) is 0 Å². The van der Waals surface area contributed by atoms with E-state index in [-0.39, 0.29) is 27.8 Å². The molecule has 0 spiro atoms. The highest BCUT2D eigenvalue weighted by atomic mass is 32.2. The van der Waals surface area contributed by atoms with Gasteiger partial charge in [0, 0.05) is 12.6 Å². The minimum Gasteiger partial charge on any atom is -0.494 e. The first-order chi connectivity index (χ1) is 21.0. The van der Waals surface area contributed by atoms with Crippen molar-refractivity contribution in [2.24, 2.45) is 0 Å². The van der Waals surface area contributed by atoms with Gasteiger partial charge in [-0.15, -0.1) is 0 Å². The first-order valence-electron chi connectivity index (χ1n) is 16.1. The fourth-order valence-corrected chi connectivity index (χ4v) is 5.75. The molecule has 2 rings (SSSR count). The SMILES string of the molecule is CC(C)(C)OC(=O)CCCCCCCCCCCCCCCCCOc1ccc(S(=O)(=O)Nc2ccc(C(=O)O)cn2)cc1. The van der Waals surface area contributed by atoms with Crippen molar-refractivity contribution in [2.75, 3.05) is 11.3 Å². The molecule has 0 amide bonds. The summed E-state index contributed by atoms with van der Waals surface area (Å²) < 4.78 is 38.6. The van der Waals surface area contributed by atoms with E-state index in [0.717, 1.165) is 31.9 Å². The van der Waals surface area contributed by atoms with Crippen LogP contribution >= 0.6 is 0 Å². The summed E-state index contributed by atoms with van der Waals surface area (Å²) >= 11 is 0. The molecule has 0 atom stereocenters. The highest BCUT2D eigenvalue weighted by Crippen LogP contribution is 2.20. The van der Waals surface area contributed by atoms with Crippen LogP contribution in [0.15, 0.2) is 47.5 Å². The number of carbonyl (C=O) groups excluding carboxylic acids is 1. The molecule has 44 heavy (non-hydrogen) atoms. The van der Waals surface area contributed by atoms with Crippen LogP contribution < -0.4 is 9.46 Å². The number of anilines is 1. The molecule has 0 aliphatic carbocycles. The lowest BCUT2D eigenvalue weighted by molar-refractivity contribution is -0.154. The third-order valence-corrected chi connectivity index (χ3v) is 8.47. The monoisotopic (exact) mass is 632 g/mol. The van der Waals surface area contributed by atoms with E-state index in [0.29, 0.717) is 18.8 Å². The maximum absolute atomic E-state index is 12.6. The van der Waals surface area contributed by atoms with Crippen LogP contribution in [0.5, 0.6) is 5.75 Å². The van der Waals surface area contributed by atoms with Gasteiger partial charge in [0.2, 0.25) is 0 Å². The van der Waals surface area contributed by atoms with Crippen LogP contribution in [-0.4, -0.2) is 42.7 Å². The second-order valence-corrected chi connectivity index (χ2v) is 14.0. The average Bonchev–Trinajstić information content (AvgIpc) is 2.96. The van der Waals surface area contributed by atoms with Gasteiger partial charge in [-0.25, -0.2) is 18.2 Å². The van der Waals surface area contributed by atoms with Crippen molar-refractivity contribution < 1.29 is 32.6 Å². The molecule has 0 saturated heterocycles. The van der Waals surface area contributed by atoms with Crippen molar-refractivity contribution in [3.8, 4) is 5.75 Å². The normalized spacial score (nSPS) is 11.7. The van der Waals surface area contributed by atoms with Gasteiger partial charge in [-0.05, 0) is 70.0 Å². The molecule has 9 nitrogen and oxygen atoms in total. The third kappa shape index (κ3) is 16.6. The van der Waals surface area contributed by atoms with Crippen LogP contribution in [0.1, 0.15) is 134 Å². The molecule has 1 aromatic carbocycles. The van der Waals surface area contributed by atoms with Crippen molar-refractivity contribution in [3.05, 3.63) is 48.2 Å². The quantitative estimate of drug-likeness (QED) is 0.0920. The number of hydrogen-bond acceptors (Lipinski definition) is 7. The number of hydrogen-bond donors (Lipinski definition) is 2. The molecule has 0 unspecified atom stereocenters. The fourth-order valence-electron chi connectivity index (χ4n) is 4.74. The number of aromatic nitrogens is 1. The highest BCUT2D eigenvalue weighted by molar-refractivity contribution is 7.92. The van der Waals surface area contributed by atoms with Gasteiger partial charge in [0.1, 0.15) is 17.2 Å². The summed E-state index contributed by atoms with van der Waals surface area (Å²) in [5.74, 6) is -0.550. The van der Waals surface area contributed by atoms with Gasteiger partial charge in [0.05, 0.1) is 17.1 Å². The van der Waals surface area contributed by atoms with E-state index in [4.69, 9.17) is 14.6 Å². The lowest BCUT2D eigenvalue weighted by Gasteiger charge is -2.19. The molecule has 2 N–H and O–H groups in total. The number of aromatic carboxylic acids is 1. The number of benzene rings is 1. The second-order valence-electron chi connectivity index (χ2n) is 12.3. The van der Waals surface area contributed by atoms with Crippen molar-refractivity contribution in [2.45, 2.75) is 134 Å². The lowest BCUT2D eigenvalue weighted by Crippen LogP contribution is -2.23. The Balaban J connectivity index is 1.41. The summed E-state index contributed by atoms with van der Waals surface area (Å²) in [6.07, 6.45) is 19.8. The maximum Gasteiger partial charge on any atom is 0.337 e. The summed E-state index contributed by atoms with van der Waals surface area (Å²) in [5, 5.41) is 8.93. The van der Waals surface area contributed by atoms with Gasteiger partial charge in [-0.3, -0.25) is 9.52 Å². The number of nitrogens with zero attached hydrogens (tertiary/aromatic N) is 1. The molecular formula is C34H52N2O7S. The summed E-state index contributed by atoms with van der Waals surface area (Å²) in [7, 11) is -3.85. The number of carboxylic acid groups (broad SMARTS) is 1. The summed E-state index contributed by atoms with van der Waals surface area (Å²) in [4.78, 5) is 26.5. The largest absolute Gasteiger partial charge is 0.494 e. The number of unbranched alkanes of at least 4 members (excludes halogenated alkanes) is 14. The molecular weight excluding hydrogens is 580 g/mol. The topological polar surface area (TPSA) is 132 Å². The molecule has 0 radical (unpaired) electrons. The third-order valence-electron chi connectivity index (χ3n) is 7.10. The summed E-state index contributed by atoms with van der Waals surface area (Å²) in [6.45, 7) is 6.31. The molecule has 10 heteroatoms. The minimum absolute atomic E-state index is 0.0231. The number of carbonyl (C=O) groups is 2. The lowest BCUT2D eigenvalue weighted by atomic mass is 10.0. The molecule has 2 aromatic rings. The van der Waals surface area contributed by atoms with E-state index >= 15 is 0 Å². The first-order valence-corrected chi connectivity index (χ1v) is 17.6. The van der Waals surface area contributed by atoms with Gasteiger partial charge >= 0.3 is 11.9 Å². The van der Waals surface area contributed by atoms with Gasteiger partial charge in [-0.2, -0.15) is 0 Å². The molecule has 1 aromatic heterocycles. The van der Waals surface area contributed by atoms with Crippen LogP contribution in [0, 0.1) is 0 Å². The number of nitrogens with one attached hydrogen (secondary N) is 1. The number of carboxylic acids is 1. The minimum atomic E-state index is -3.85. The van der Waals surface area contributed by atoms with E-state index in [1.165, 1.54) is 94.9 Å². The zero-order valence-corrected chi connectivity index (χ0v) is 27.6. The predicted octanol–water partition coefficient (Wildman–Crippen LogP) is 8.54. The molecule has 0 fully saturated rings. The molecule has 246 valence electrons. The van der Waals surface area contributed by atoms with E-state index in [9.17, 15) is 18.0 Å². The number of rotatable bonds is 23. The van der Waals surface area contributed by atoms with E-state index in [2.05, 4.69) is 9.71 Å². The summed E-state index contributed by atoms with van der Waals surface area (Å²) in [5.41, 5.74) is -0.407. The second kappa shape index (κ2) is 20.0. The van der Waals surface area contributed by atoms with Gasteiger partial charge in [0.25, 0.3) is 10.0 Å². The maximum atomic E-state index is 12.6. The Bertz CT molecular complexity index is 1210. The van der Waals surface area contributed by atoms with Gasteiger partial charge in [0.15, 0.2) is 0 Å². The highest BCUT2D eigenvalue weighted by Gasteiger charge is 2.16. The Labute approximate surface area is 264 Å². The van der Waals surface area contributed by atoms with E-state index in [1.807, 2.05) is 20.8 Å². The van der Waals surface area contributed by atoms with Gasteiger partial charge < -0.3 is 14.6 Å².